The molecule has 2 aromatic carbocycles. The first-order valence-electron chi connectivity index (χ1n) is 12.3. The van der Waals surface area contributed by atoms with Crippen molar-refractivity contribution in [2.45, 2.75) is 39.3 Å². The van der Waals surface area contributed by atoms with Crippen LogP contribution in [-0.4, -0.2) is 51.4 Å². The number of halogens is 1. The van der Waals surface area contributed by atoms with Crippen molar-refractivity contribution in [1.29, 1.82) is 0 Å². The predicted octanol–water partition coefficient (Wildman–Crippen LogP) is 5.64. The molecule has 0 saturated carbocycles. The number of thiazole rings is 1. The maximum absolute atomic E-state index is 13.4. The van der Waals surface area contributed by atoms with Gasteiger partial charge < -0.3 is 15.0 Å². The van der Waals surface area contributed by atoms with Crippen molar-refractivity contribution in [3.05, 3.63) is 66.2 Å². The van der Waals surface area contributed by atoms with Gasteiger partial charge in [-0.25, -0.2) is 19.3 Å². The Hall–Kier alpha value is -3.63. The summed E-state index contributed by atoms with van der Waals surface area (Å²) in [6.07, 6.45) is 2.46. The largest absolute Gasteiger partial charge is 0.437 e. The van der Waals surface area contributed by atoms with Crippen LogP contribution in [0.25, 0.3) is 10.2 Å². The molecule has 2 atom stereocenters. The average Bonchev–Trinajstić information content (AvgIpc) is 3.29. The van der Waals surface area contributed by atoms with E-state index in [1.807, 2.05) is 36.4 Å². The first kappa shape index (κ1) is 25.0. The lowest BCUT2D eigenvalue weighted by atomic mass is 9.99. The SMILES string of the molecule is CC[C@@H](c1ccc(F)cc1)N1CCN(c2cc(Oc3cccc4sc(NC(C)=O)nc34)ncn2)C[C@H]1C. The van der Waals surface area contributed by atoms with Gasteiger partial charge in [-0.15, -0.1) is 0 Å². The van der Waals surface area contributed by atoms with Gasteiger partial charge in [-0.05, 0) is 43.2 Å². The van der Waals surface area contributed by atoms with Crippen molar-refractivity contribution in [2.75, 3.05) is 29.9 Å². The lowest BCUT2D eigenvalue weighted by molar-refractivity contribution is -0.114. The van der Waals surface area contributed by atoms with Gasteiger partial charge in [-0.1, -0.05) is 36.5 Å². The number of anilines is 2. The molecule has 0 spiro atoms. The molecule has 192 valence electrons. The standard InChI is InChI=1S/C27H29FN6O2S/c1-4-21(19-8-10-20(28)11-9-19)34-13-12-33(15-17(34)2)24-14-25(30-16-29-24)36-22-6-5-7-23-26(22)32-27(37-23)31-18(3)35/h5-11,14,16-17,21H,4,12-13,15H2,1-3H3,(H,31,32,35)/t17-,21+/m1/s1. The summed E-state index contributed by atoms with van der Waals surface area (Å²) >= 11 is 1.39. The summed E-state index contributed by atoms with van der Waals surface area (Å²) in [5.41, 5.74) is 1.81. The molecular weight excluding hydrogens is 491 g/mol. The molecule has 37 heavy (non-hydrogen) atoms. The second-order valence-electron chi connectivity index (χ2n) is 9.13. The summed E-state index contributed by atoms with van der Waals surface area (Å²) in [5, 5.41) is 3.26. The number of carbonyl (C=O) groups excluding carboxylic acids is 1. The van der Waals surface area contributed by atoms with Gasteiger partial charge in [-0.2, -0.15) is 0 Å². The summed E-state index contributed by atoms with van der Waals surface area (Å²) in [7, 11) is 0. The van der Waals surface area contributed by atoms with Gasteiger partial charge in [0.1, 0.15) is 23.5 Å². The van der Waals surface area contributed by atoms with Crippen LogP contribution in [0, 0.1) is 5.82 Å². The Labute approximate surface area is 219 Å². The Morgan fingerprint density at radius 1 is 1.22 bits per heavy atom. The summed E-state index contributed by atoms with van der Waals surface area (Å²) in [5.74, 6) is 1.42. The number of carbonyl (C=O) groups is 1. The highest BCUT2D eigenvalue weighted by molar-refractivity contribution is 7.22. The van der Waals surface area contributed by atoms with Crippen molar-refractivity contribution in [1.82, 2.24) is 19.9 Å². The van der Waals surface area contributed by atoms with Crippen molar-refractivity contribution in [2.24, 2.45) is 0 Å². The maximum Gasteiger partial charge on any atom is 0.224 e. The zero-order chi connectivity index (χ0) is 25.9. The van der Waals surface area contributed by atoms with Crippen molar-refractivity contribution in [3.8, 4) is 11.6 Å². The Balaban J connectivity index is 1.30. The molecule has 10 heteroatoms. The zero-order valence-electron chi connectivity index (χ0n) is 21.0. The zero-order valence-corrected chi connectivity index (χ0v) is 21.8. The molecule has 0 bridgehead atoms. The molecule has 4 aromatic rings. The van der Waals surface area contributed by atoms with Gasteiger partial charge in [0.2, 0.25) is 11.8 Å². The number of rotatable bonds is 7. The van der Waals surface area contributed by atoms with Crippen LogP contribution in [0.15, 0.2) is 54.9 Å². The normalized spacial score (nSPS) is 17.1. The third-order valence-electron chi connectivity index (χ3n) is 6.55. The minimum Gasteiger partial charge on any atom is -0.437 e. The maximum atomic E-state index is 13.4. The number of hydrogen-bond acceptors (Lipinski definition) is 8. The van der Waals surface area contributed by atoms with Crippen LogP contribution < -0.4 is 15.0 Å². The minimum atomic E-state index is -0.211. The van der Waals surface area contributed by atoms with Crippen LogP contribution >= 0.6 is 11.3 Å². The lowest BCUT2D eigenvalue weighted by Gasteiger charge is -2.44. The lowest BCUT2D eigenvalue weighted by Crippen LogP contribution is -2.53. The molecule has 1 amide bonds. The first-order valence-corrected chi connectivity index (χ1v) is 13.2. The average molecular weight is 521 g/mol. The molecule has 3 heterocycles. The Morgan fingerprint density at radius 3 is 2.76 bits per heavy atom. The van der Waals surface area contributed by atoms with Crippen LogP contribution in [-0.2, 0) is 4.79 Å². The van der Waals surface area contributed by atoms with Crippen LogP contribution in [0.3, 0.4) is 0 Å². The van der Waals surface area contributed by atoms with E-state index >= 15 is 0 Å². The van der Waals surface area contributed by atoms with Gasteiger partial charge >= 0.3 is 0 Å². The smallest absolute Gasteiger partial charge is 0.224 e. The summed E-state index contributed by atoms with van der Waals surface area (Å²) < 4.78 is 20.5. The Bertz CT molecular complexity index is 1400. The fourth-order valence-electron chi connectivity index (χ4n) is 4.87. The number of nitrogens with zero attached hydrogens (tertiary/aromatic N) is 5. The van der Waals surface area contributed by atoms with E-state index in [0.29, 0.717) is 22.3 Å². The molecule has 2 aromatic heterocycles. The van der Waals surface area contributed by atoms with Crippen LogP contribution in [0.4, 0.5) is 15.3 Å². The van der Waals surface area contributed by atoms with Crippen LogP contribution in [0.5, 0.6) is 11.6 Å². The molecule has 0 radical (unpaired) electrons. The number of nitrogens with one attached hydrogen (secondary N) is 1. The number of hydrogen-bond donors (Lipinski definition) is 1. The quantitative estimate of drug-likeness (QED) is 0.338. The monoisotopic (exact) mass is 520 g/mol. The molecule has 1 saturated heterocycles. The fourth-order valence-corrected chi connectivity index (χ4v) is 5.80. The molecule has 0 aliphatic carbocycles. The molecular formula is C27H29FN6O2S. The number of aromatic nitrogens is 3. The first-order chi connectivity index (χ1) is 17.9. The molecule has 1 N–H and O–H groups in total. The summed E-state index contributed by atoms with van der Waals surface area (Å²) in [6, 6.07) is 14.9. The highest BCUT2D eigenvalue weighted by atomic mass is 32.1. The minimum absolute atomic E-state index is 0.167. The van der Waals surface area contributed by atoms with E-state index in [1.54, 1.807) is 0 Å². The number of amides is 1. The molecule has 8 nitrogen and oxygen atoms in total. The van der Waals surface area contributed by atoms with Gasteiger partial charge in [0.25, 0.3) is 0 Å². The van der Waals surface area contributed by atoms with E-state index in [4.69, 9.17) is 4.74 Å². The molecule has 1 aliphatic rings. The highest BCUT2D eigenvalue weighted by Crippen LogP contribution is 2.35. The number of benzene rings is 2. The van der Waals surface area contributed by atoms with Crippen LogP contribution in [0.1, 0.15) is 38.8 Å². The number of para-hydroxylation sites is 1. The topological polar surface area (TPSA) is 83.5 Å². The van der Waals surface area contributed by atoms with E-state index in [9.17, 15) is 9.18 Å². The highest BCUT2D eigenvalue weighted by Gasteiger charge is 2.30. The Morgan fingerprint density at radius 2 is 2.03 bits per heavy atom. The van der Waals surface area contributed by atoms with Crippen molar-refractivity contribution in [3.63, 3.8) is 0 Å². The van der Waals surface area contributed by atoms with E-state index in [2.05, 4.69) is 43.9 Å². The summed E-state index contributed by atoms with van der Waals surface area (Å²) in [6.45, 7) is 8.31. The second-order valence-corrected chi connectivity index (χ2v) is 10.2. The van der Waals surface area contributed by atoms with Crippen molar-refractivity contribution >= 4 is 38.4 Å². The third-order valence-corrected chi connectivity index (χ3v) is 7.49. The number of piperazine rings is 1. The summed E-state index contributed by atoms with van der Waals surface area (Å²) in [4.78, 5) is 29.5. The third kappa shape index (κ3) is 5.55. The molecule has 1 fully saturated rings. The van der Waals surface area contributed by atoms with E-state index < -0.39 is 0 Å². The Kier molecular flexibility index (Phi) is 7.29. The second kappa shape index (κ2) is 10.8. The molecule has 1 aliphatic heterocycles. The number of ether oxygens (including phenoxy) is 1. The van der Waals surface area contributed by atoms with E-state index in [1.165, 1.54) is 36.7 Å². The van der Waals surface area contributed by atoms with Gasteiger partial charge in [0.15, 0.2) is 10.9 Å². The number of fused-ring (bicyclic) bond motifs is 1. The van der Waals surface area contributed by atoms with Gasteiger partial charge in [0, 0.05) is 44.7 Å². The van der Waals surface area contributed by atoms with E-state index in [-0.39, 0.29) is 23.8 Å². The predicted molar refractivity (Wildman–Crippen MR) is 144 cm³/mol. The molecule has 5 rings (SSSR count). The van der Waals surface area contributed by atoms with Crippen LogP contribution in [0.2, 0.25) is 0 Å². The van der Waals surface area contributed by atoms with E-state index in [0.717, 1.165) is 42.1 Å². The van der Waals surface area contributed by atoms with Gasteiger partial charge in [-0.3, -0.25) is 9.69 Å². The van der Waals surface area contributed by atoms with Gasteiger partial charge in [0.05, 0.1) is 4.70 Å². The van der Waals surface area contributed by atoms with Crippen molar-refractivity contribution < 1.29 is 13.9 Å². The molecule has 0 unspecified atom stereocenters. The fraction of sp³-hybridized carbons (Fsp3) is 0.333.